The van der Waals surface area contributed by atoms with Gasteiger partial charge in [0.05, 0.1) is 10.4 Å². The van der Waals surface area contributed by atoms with Gasteiger partial charge in [0.1, 0.15) is 0 Å². The van der Waals surface area contributed by atoms with Crippen LogP contribution in [0.4, 0.5) is 0 Å². The van der Waals surface area contributed by atoms with Crippen molar-refractivity contribution in [2.24, 2.45) is 0 Å². The molecule has 0 N–H and O–H groups in total. The fourth-order valence-electron chi connectivity index (χ4n) is 0.609. The van der Waals surface area contributed by atoms with Crippen molar-refractivity contribution in [2.75, 3.05) is 14.1 Å². The molecule has 0 unspecified atom stereocenters. The first-order chi connectivity index (χ1) is 4.04. The molecular formula is C5H18N2Si2. The maximum atomic E-state index is 2.57. The summed E-state index contributed by atoms with van der Waals surface area (Å²) in [5, 5.41) is 0. The summed E-state index contributed by atoms with van der Waals surface area (Å²) in [5.41, 5.74) is 0. The van der Waals surface area contributed by atoms with Crippen molar-refractivity contribution in [1.82, 2.24) is 8.80 Å². The van der Waals surface area contributed by atoms with Crippen LogP contribution in [0.1, 0.15) is 13.8 Å². The van der Waals surface area contributed by atoms with E-state index in [1.807, 2.05) is 0 Å². The number of hydrogen-bond acceptors (Lipinski definition) is 2. The zero-order valence-electron chi connectivity index (χ0n) is 7.18. The number of rotatable bonds is 3. The van der Waals surface area contributed by atoms with Gasteiger partial charge in [-0.1, -0.05) is 13.8 Å². The Bertz CT molecular complexity index is 75.4. The molecule has 0 fully saturated rings. The molecular weight excluding hydrogens is 144 g/mol. The van der Waals surface area contributed by atoms with Crippen molar-refractivity contribution >= 4 is 20.2 Å². The minimum Gasteiger partial charge on any atom is -0.344 e. The summed E-state index contributed by atoms with van der Waals surface area (Å²) in [4.78, 5) is 0. The molecule has 0 aromatic heterocycles. The highest BCUT2D eigenvalue weighted by Gasteiger charge is 2.02. The van der Waals surface area contributed by atoms with E-state index >= 15 is 0 Å². The topological polar surface area (TPSA) is 6.48 Å². The molecule has 0 rings (SSSR count). The van der Waals surface area contributed by atoms with E-state index in [2.05, 4.69) is 36.7 Å². The molecule has 0 spiro atoms. The molecule has 0 atom stereocenters. The van der Waals surface area contributed by atoms with E-state index in [1.165, 1.54) is 10.4 Å². The van der Waals surface area contributed by atoms with Crippen LogP contribution in [0.3, 0.4) is 0 Å². The largest absolute Gasteiger partial charge is 0.344 e. The second-order valence-electron chi connectivity index (χ2n) is 3.07. The first kappa shape index (κ1) is 9.35. The van der Waals surface area contributed by atoms with Gasteiger partial charge in [0.25, 0.3) is 0 Å². The molecule has 0 aromatic rings. The molecule has 0 saturated heterocycles. The minimum atomic E-state index is -0.0486. The van der Waals surface area contributed by atoms with Crippen LogP contribution < -0.4 is 0 Å². The van der Waals surface area contributed by atoms with Gasteiger partial charge in [0.15, 0.2) is 9.84 Å². The standard InChI is InChI=1S/C5H18N2Si2/c1-5(2)7(8)9-6(3)4/h5H,9H2,1-4,8H3. The van der Waals surface area contributed by atoms with Crippen molar-refractivity contribution in [3.63, 3.8) is 0 Å². The lowest BCUT2D eigenvalue weighted by Gasteiger charge is -2.24. The van der Waals surface area contributed by atoms with Gasteiger partial charge in [-0.25, -0.2) is 0 Å². The Kier molecular flexibility index (Phi) is 4.38. The lowest BCUT2D eigenvalue weighted by Crippen LogP contribution is -2.39. The molecule has 0 aliphatic carbocycles. The molecule has 0 aliphatic heterocycles. The Labute approximate surface area is 63.7 Å². The van der Waals surface area contributed by atoms with E-state index in [4.69, 9.17) is 0 Å². The Balaban J connectivity index is 3.38. The molecule has 2 nitrogen and oxygen atoms in total. The van der Waals surface area contributed by atoms with Gasteiger partial charge >= 0.3 is 0 Å². The highest BCUT2D eigenvalue weighted by atomic mass is 28.3. The maximum Gasteiger partial charge on any atom is 0.165 e. The summed E-state index contributed by atoms with van der Waals surface area (Å²) in [6.07, 6.45) is 0. The molecule has 56 valence electrons. The predicted molar refractivity (Wildman–Crippen MR) is 49.1 cm³/mol. The second-order valence-corrected chi connectivity index (χ2v) is 8.03. The Morgan fingerprint density at radius 1 is 1.33 bits per heavy atom. The highest BCUT2D eigenvalue weighted by molar-refractivity contribution is 6.39. The van der Waals surface area contributed by atoms with Crippen molar-refractivity contribution in [2.45, 2.75) is 19.9 Å². The smallest absolute Gasteiger partial charge is 0.165 e. The first-order valence-corrected chi connectivity index (χ1v) is 5.55. The van der Waals surface area contributed by atoms with Gasteiger partial charge in [0.2, 0.25) is 0 Å². The third kappa shape index (κ3) is 4.83. The third-order valence-corrected chi connectivity index (χ3v) is 5.01. The fourth-order valence-corrected chi connectivity index (χ4v) is 3.53. The Morgan fingerprint density at radius 3 is 1.89 bits per heavy atom. The van der Waals surface area contributed by atoms with Crippen molar-refractivity contribution in [3.8, 4) is 0 Å². The molecule has 0 aliphatic rings. The van der Waals surface area contributed by atoms with E-state index in [0.717, 1.165) is 6.04 Å². The van der Waals surface area contributed by atoms with E-state index in [0.29, 0.717) is 0 Å². The van der Waals surface area contributed by atoms with E-state index < -0.39 is 0 Å². The SMILES string of the molecule is CC(C)N([SiH3])[SiH2]N(C)C. The average Bonchev–Trinajstić information content (AvgIpc) is 1.63. The minimum absolute atomic E-state index is 0.0486. The second kappa shape index (κ2) is 4.21. The molecule has 0 bridgehead atoms. The summed E-state index contributed by atoms with van der Waals surface area (Å²) in [6.45, 7) is 4.53. The monoisotopic (exact) mass is 162 g/mol. The van der Waals surface area contributed by atoms with Crippen LogP contribution in [0, 0.1) is 0 Å². The van der Waals surface area contributed by atoms with Crippen LogP contribution in [0.2, 0.25) is 0 Å². The van der Waals surface area contributed by atoms with Gasteiger partial charge in [0, 0.05) is 0 Å². The Morgan fingerprint density at radius 2 is 1.78 bits per heavy atom. The van der Waals surface area contributed by atoms with Crippen molar-refractivity contribution in [1.29, 1.82) is 0 Å². The maximum absolute atomic E-state index is 2.57. The lowest BCUT2D eigenvalue weighted by atomic mass is 10.4. The quantitative estimate of drug-likeness (QED) is 0.468. The van der Waals surface area contributed by atoms with E-state index in [-0.39, 0.29) is 9.84 Å². The van der Waals surface area contributed by atoms with Gasteiger partial charge in [-0.2, -0.15) is 0 Å². The summed E-state index contributed by atoms with van der Waals surface area (Å²) in [5.74, 6) is 0. The normalized spacial score (nSPS) is 13.7. The molecule has 0 heterocycles. The summed E-state index contributed by atoms with van der Waals surface area (Å²) in [7, 11) is 5.51. The summed E-state index contributed by atoms with van der Waals surface area (Å²) < 4.78 is 4.91. The summed E-state index contributed by atoms with van der Waals surface area (Å²) >= 11 is 0. The van der Waals surface area contributed by atoms with Gasteiger partial charge in [-0.3, -0.25) is 0 Å². The van der Waals surface area contributed by atoms with Crippen LogP contribution in [-0.2, 0) is 0 Å². The van der Waals surface area contributed by atoms with Gasteiger partial charge in [-0.05, 0) is 20.1 Å². The fraction of sp³-hybridized carbons (Fsp3) is 1.00. The molecule has 4 heteroatoms. The van der Waals surface area contributed by atoms with Crippen LogP contribution in [0.5, 0.6) is 0 Å². The summed E-state index contributed by atoms with van der Waals surface area (Å²) in [6, 6.07) is 0.769. The molecule has 0 amide bonds. The van der Waals surface area contributed by atoms with Crippen LogP contribution in [0.25, 0.3) is 0 Å². The first-order valence-electron chi connectivity index (χ1n) is 3.39. The lowest BCUT2D eigenvalue weighted by molar-refractivity contribution is 0.504. The molecule has 0 aromatic carbocycles. The third-order valence-electron chi connectivity index (χ3n) is 1.39. The zero-order chi connectivity index (χ0) is 7.44. The molecule has 0 radical (unpaired) electrons. The Hall–Kier alpha value is 0.354. The van der Waals surface area contributed by atoms with Gasteiger partial charge in [-0.15, -0.1) is 0 Å². The number of nitrogens with zero attached hydrogens (tertiary/aromatic N) is 2. The molecule has 0 saturated carbocycles. The van der Waals surface area contributed by atoms with Crippen molar-refractivity contribution < 1.29 is 0 Å². The number of hydrogen-bond donors (Lipinski definition) is 0. The van der Waals surface area contributed by atoms with Crippen LogP contribution in [-0.4, -0.2) is 49.2 Å². The molecule has 9 heavy (non-hydrogen) atoms. The van der Waals surface area contributed by atoms with Crippen LogP contribution in [0.15, 0.2) is 0 Å². The highest BCUT2D eigenvalue weighted by Crippen LogP contribution is 1.89. The van der Waals surface area contributed by atoms with Crippen LogP contribution >= 0.6 is 0 Å². The zero-order valence-corrected chi connectivity index (χ0v) is 10.6. The van der Waals surface area contributed by atoms with Gasteiger partial charge < -0.3 is 8.80 Å². The predicted octanol–water partition coefficient (Wildman–Crippen LogP) is -1.46. The van der Waals surface area contributed by atoms with Crippen molar-refractivity contribution in [3.05, 3.63) is 0 Å². The average molecular weight is 162 g/mol. The van der Waals surface area contributed by atoms with E-state index in [9.17, 15) is 0 Å². The van der Waals surface area contributed by atoms with E-state index in [1.54, 1.807) is 0 Å².